The minimum atomic E-state index is -3.51. The Morgan fingerprint density at radius 1 is 1.69 bits per heavy atom. The van der Waals surface area contributed by atoms with Crippen molar-refractivity contribution in [1.82, 2.24) is 4.31 Å². The van der Waals surface area contributed by atoms with Crippen molar-refractivity contribution in [3.05, 3.63) is 24.2 Å². The van der Waals surface area contributed by atoms with Crippen LogP contribution in [0, 0.1) is 0 Å². The standard InChI is InChI=1S/C9H14N2O3S2/c1-7(9(10)15)16(12,13)11(2)6-8-4-3-5-14-8/h3-5,7H,6H2,1-2H3,(H2,10,15). The molecule has 0 fully saturated rings. The molecular formula is C9H14N2O3S2. The zero-order chi connectivity index (χ0) is 12.3. The molecule has 0 spiro atoms. The van der Waals surface area contributed by atoms with Crippen molar-refractivity contribution >= 4 is 27.2 Å². The van der Waals surface area contributed by atoms with E-state index >= 15 is 0 Å². The zero-order valence-corrected chi connectivity index (χ0v) is 10.7. The molecule has 1 atom stereocenters. The molecule has 0 bridgehead atoms. The highest BCUT2D eigenvalue weighted by molar-refractivity contribution is 7.92. The quantitative estimate of drug-likeness (QED) is 0.791. The molecule has 0 aliphatic heterocycles. The van der Waals surface area contributed by atoms with Gasteiger partial charge in [0.25, 0.3) is 0 Å². The summed E-state index contributed by atoms with van der Waals surface area (Å²) in [4.78, 5) is -0.0358. The van der Waals surface area contributed by atoms with Crippen molar-refractivity contribution < 1.29 is 12.8 Å². The molecule has 1 unspecified atom stereocenters. The summed E-state index contributed by atoms with van der Waals surface area (Å²) in [6.45, 7) is 1.64. The summed E-state index contributed by atoms with van der Waals surface area (Å²) in [5.41, 5.74) is 5.34. The van der Waals surface area contributed by atoms with Gasteiger partial charge in [0.2, 0.25) is 10.0 Å². The maximum Gasteiger partial charge on any atom is 0.223 e. The van der Waals surface area contributed by atoms with Gasteiger partial charge >= 0.3 is 0 Å². The first kappa shape index (κ1) is 13.1. The lowest BCUT2D eigenvalue weighted by Gasteiger charge is -2.20. The van der Waals surface area contributed by atoms with Crippen molar-refractivity contribution in [3.63, 3.8) is 0 Å². The topological polar surface area (TPSA) is 76.5 Å². The van der Waals surface area contributed by atoms with Gasteiger partial charge < -0.3 is 10.2 Å². The fourth-order valence-electron chi connectivity index (χ4n) is 1.13. The molecule has 0 saturated carbocycles. The van der Waals surface area contributed by atoms with Crippen LogP contribution in [0.3, 0.4) is 0 Å². The van der Waals surface area contributed by atoms with Crippen LogP contribution in [0.2, 0.25) is 0 Å². The number of hydrogen-bond donors (Lipinski definition) is 1. The van der Waals surface area contributed by atoms with Gasteiger partial charge in [-0.05, 0) is 19.1 Å². The van der Waals surface area contributed by atoms with Gasteiger partial charge in [-0.15, -0.1) is 0 Å². The van der Waals surface area contributed by atoms with E-state index in [9.17, 15) is 8.42 Å². The molecule has 1 aromatic heterocycles. The van der Waals surface area contributed by atoms with Gasteiger partial charge in [-0.25, -0.2) is 8.42 Å². The second kappa shape index (κ2) is 4.94. The van der Waals surface area contributed by atoms with Gasteiger partial charge in [0.05, 0.1) is 17.8 Å². The second-order valence-corrected chi connectivity index (χ2v) is 6.26. The van der Waals surface area contributed by atoms with Crippen LogP contribution < -0.4 is 5.73 Å². The summed E-state index contributed by atoms with van der Waals surface area (Å²) in [6.07, 6.45) is 1.49. The molecule has 90 valence electrons. The van der Waals surface area contributed by atoms with E-state index in [0.29, 0.717) is 5.76 Å². The SMILES string of the molecule is CC(C(N)=S)S(=O)(=O)N(C)Cc1ccco1. The lowest BCUT2D eigenvalue weighted by molar-refractivity contribution is 0.405. The van der Waals surface area contributed by atoms with Gasteiger partial charge in [-0.2, -0.15) is 4.31 Å². The molecule has 0 aromatic carbocycles. The number of nitrogens with two attached hydrogens (primary N) is 1. The highest BCUT2D eigenvalue weighted by Crippen LogP contribution is 2.12. The Balaban J connectivity index is 2.81. The molecular weight excluding hydrogens is 248 g/mol. The van der Waals surface area contributed by atoms with Crippen LogP contribution in [-0.4, -0.2) is 30.0 Å². The maximum absolute atomic E-state index is 11.9. The number of hydrogen-bond acceptors (Lipinski definition) is 4. The second-order valence-electron chi connectivity index (χ2n) is 3.42. The van der Waals surface area contributed by atoms with Gasteiger partial charge in [-0.3, -0.25) is 0 Å². The molecule has 2 N–H and O–H groups in total. The van der Waals surface area contributed by atoms with Crippen molar-refractivity contribution in [2.45, 2.75) is 18.7 Å². The van der Waals surface area contributed by atoms with Crippen LogP contribution >= 0.6 is 12.2 Å². The zero-order valence-electron chi connectivity index (χ0n) is 9.08. The van der Waals surface area contributed by atoms with E-state index in [1.54, 1.807) is 12.1 Å². The number of sulfonamides is 1. The highest BCUT2D eigenvalue weighted by Gasteiger charge is 2.28. The van der Waals surface area contributed by atoms with Crippen LogP contribution in [-0.2, 0) is 16.6 Å². The summed E-state index contributed by atoms with van der Waals surface area (Å²) in [6, 6.07) is 3.41. The molecule has 0 saturated heterocycles. The number of rotatable bonds is 5. The lowest BCUT2D eigenvalue weighted by atomic mass is 10.4. The number of thiocarbonyl (C=S) groups is 1. The average Bonchev–Trinajstić information content (AvgIpc) is 2.68. The van der Waals surface area contributed by atoms with Crippen LogP contribution in [0.5, 0.6) is 0 Å². The van der Waals surface area contributed by atoms with Gasteiger partial charge in [0.15, 0.2) is 0 Å². The van der Waals surface area contributed by atoms with Crippen molar-refractivity contribution in [3.8, 4) is 0 Å². The average molecular weight is 262 g/mol. The first-order valence-electron chi connectivity index (χ1n) is 4.62. The predicted molar refractivity (Wildman–Crippen MR) is 65.3 cm³/mol. The molecule has 0 aliphatic rings. The molecule has 7 heteroatoms. The van der Waals surface area contributed by atoms with Crippen LogP contribution in [0.4, 0.5) is 0 Å². The number of furan rings is 1. The first-order valence-corrected chi connectivity index (χ1v) is 6.53. The monoisotopic (exact) mass is 262 g/mol. The smallest absolute Gasteiger partial charge is 0.223 e. The molecule has 0 radical (unpaired) electrons. The van der Waals surface area contributed by atoms with E-state index in [4.69, 9.17) is 10.2 Å². The van der Waals surface area contributed by atoms with Crippen molar-refractivity contribution in [2.75, 3.05) is 7.05 Å². The fourth-order valence-corrected chi connectivity index (χ4v) is 2.63. The Morgan fingerprint density at radius 3 is 2.75 bits per heavy atom. The Bertz CT molecular complexity index is 453. The maximum atomic E-state index is 11.9. The minimum Gasteiger partial charge on any atom is -0.468 e. The van der Waals surface area contributed by atoms with E-state index in [-0.39, 0.29) is 11.5 Å². The molecule has 1 heterocycles. The van der Waals surface area contributed by atoms with Gasteiger partial charge in [-0.1, -0.05) is 12.2 Å². The van der Waals surface area contributed by atoms with Crippen molar-refractivity contribution in [1.29, 1.82) is 0 Å². The van der Waals surface area contributed by atoms with E-state index in [1.807, 2.05) is 0 Å². The molecule has 0 amide bonds. The predicted octanol–water partition coefficient (Wildman–Crippen LogP) is 0.716. The molecule has 1 aromatic rings. The third-order valence-corrected chi connectivity index (χ3v) is 4.89. The Kier molecular flexibility index (Phi) is 4.06. The summed E-state index contributed by atoms with van der Waals surface area (Å²) >= 11 is 4.68. The number of nitrogens with zero attached hydrogens (tertiary/aromatic N) is 1. The van der Waals surface area contributed by atoms with Gasteiger partial charge in [0, 0.05) is 7.05 Å². The van der Waals surface area contributed by atoms with Crippen LogP contribution in [0.15, 0.2) is 22.8 Å². The van der Waals surface area contributed by atoms with Crippen LogP contribution in [0.25, 0.3) is 0 Å². The summed E-state index contributed by atoms with van der Waals surface area (Å²) in [5.74, 6) is 0.571. The molecule has 1 rings (SSSR count). The first-order chi connectivity index (χ1) is 7.35. The summed E-state index contributed by atoms with van der Waals surface area (Å²) < 4.78 is 30.1. The minimum absolute atomic E-state index is 0.0358. The normalized spacial score (nSPS) is 13.9. The molecule has 16 heavy (non-hydrogen) atoms. The Hall–Kier alpha value is -0.920. The molecule has 0 aliphatic carbocycles. The van der Waals surface area contributed by atoms with Crippen molar-refractivity contribution in [2.24, 2.45) is 5.73 Å². The van der Waals surface area contributed by atoms with E-state index in [1.165, 1.54) is 24.5 Å². The Labute approximate surface area is 100 Å². The summed E-state index contributed by atoms with van der Waals surface area (Å²) in [5, 5.41) is -0.873. The lowest BCUT2D eigenvalue weighted by Crippen LogP contribution is -2.40. The van der Waals surface area contributed by atoms with Gasteiger partial charge in [0.1, 0.15) is 11.0 Å². The highest BCUT2D eigenvalue weighted by atomic mass is 32.2. The van der Waals surface area contributed by atoms with Crippen LogP contribution in [0.1, 0.15) is 12.7 Å². The fraction of sp³-hybridized carbons (Fsp3) is 0.444. The summed E-state index contributed by atoms with van der Waals surface area (Å²) in [7, 11) is -2.04. The van der Waals surface area contributed by atoms with E-state index < -0.39 is 15.3 Å². The largest absolute Gasteiger partial charge is 0.468 e. The third-order valence-electron chi connectivity index (χ3n) is 2.24. The molecule has 5 nitrogen and oxygen atoms in total. The Morgan fingerprint density at radius 2 is 2.31 bits per heavy atom. The third kappa shape index (κ3) is 2.81. The van der Waals surface area contributed by atoms with E-state index in [2.05, 4.69) is 12.2 Å². The van der Waals surface area contributed by atoms with E-state index in [0.717, 1.165) is 0 Å².